The molecule has 0 amide bonds. The molecule has 0 saturated carbocycles. The fourth-order valence-electron chi connectivity index (χ4n) is 3.79. The fourth-order valence-corrected chi connectivity index (χ4v) is 3.79. The smallest absolute Gasteiger partial charge is 0.124 e. The molecule has 116 valence electrons. The molecule has 0 radical (unpaired) electrons. The number of fused-ring (bicyclic) bond motifs is 1. The zero-order valence-corrected chi connectivity index (χ0v) is 12.9. The molecule has 2 aromatic rings. The van der Waals surface area contributed by atoms with Gasteiger partial charge in [-0.05, 0) is 62.8 Å². The Morgan fingerprint density at radius 1 is 1.27 bits per heavy atom. The number of imidazole rings is 1. The second kappa shape index (κ2) is 5.72. The van der Waals surface area contributed by atoms with E-state index < -0.39 is 0 Å². The Morgan fingerprint density at radius 3 is 3.05 bits per heavy atom. The van der Waals surface area contributed by atoms with Crippen molar-refractivity contribution in [3.05, 3.63) is 41.1 Å². The Hall–Kier alpha value is -1.88. The van der Waals surface area contributed by atoms with Crippen LogP contribution in [0.5, 0.6) is 0 Å². The zero-order valence-electron chi connectivity index (χ0n) is 12.9. The summed E-state index contributed by atoms with van der Waals surface area (Å²) in [5.41, 5.74) is 9.71. The molecule has 1 unspecified atom stereocenters. The molecule has 22 heavy (non-hydrogen) atoms. The number of anilines is 1. The van der Waals surface area contributed by atoms with E-state index in [2.05, 4.69) is 20.9 Å². The number of hydrogen-bond acceptors (Lipinski definition) is 4. The van der Waals surface area contributed by atoms with Crippen molar-refractivity contribution in [3.8, 4) is 0 Å². The third-order valence-corrected chi connectivity index (χ3v) is 4.88. The highest BCUT2D eigenvalue weighted by atomic mass is 15.2. The number of H-pyrrole nitrogens is 1. The van der Waals surface area contributed by atoms with E-state index in [0.717, 1.165) is 25.9 Å². The number of aromatic nitrogens is 3. The van der Waals surface area contributed by atoms with Crippen LogP contribution in [0.25, 0.3) is 0 Å². The van der Waals surface area contributed by atoms with Gasteiger partial charge in [0.15, 0.2) is 0 Å². The minimum absolute atomic E-state index is 0.417. The van der Waals surface area contributed by atoms with Crippen molar-refractivity contribution in [3.63, 3.8) is 0 Å². The van der Waals surface area contributed by atoms with Crippen LogP contribution in [0.3, 0.4) is 0 Å². The highest BCUT2D eigenvalue weighted by Crippen LogP contribution is 2.33. The van der Waals surface area contributed by atoms with Gasteiger partial charge in [0, 0.05) is 18.4 Å². The fraction of sp³-hybridized carbons (Fsp3) is 0.529. The number of hydrogen-bond donors (Lipinski definition) is 2. The topological polar surface area (TPSA) is 70.8 Å². The molecule has 1 saturated heterocycles. The predicted molar refractivity (Wildman–Crippen MR) is 86.3 cm³/mol. The van der Waals surface area contributed by atoms with Crippen molar-refractivity contribution < 1.29 is 0 Å². The van der Waals surface area contributed by atoms with Gasteiger partial charge in [-0.2, -0.15) is 0 Å². The Kier molecular flexibility index (Phi) is 3.58. The molecule has 2 aromatic heterocycles. The Labute approximate surface area is 131 Å². The summed E-state index contributed by atoms with van der Waals surface area (Å²) in [7, 11) is 0. The van der Waals surface area contributed by atoms with Gasteiger partial charge in [-0.25, -0.2) is 9.97 Å². The molecule has 3 N–H and O–H groups in total. The lowest BCUT2D eigenvalue weighted by molar-refractivity contribution is 0.240. The van der Waals surface area contributed by atoms with Crippen molar-refractivity contribution in [2.24, 2.45) is 0 Å². The third kappa shape index (κ3) is 2.61. The van der Waals surface area contributed by atoms with E-state index in [1.807, 2.05) is 6.07 Å². The summed E-state index contributed by atoms with van der Waals surface area (Å²) < 4.78 is 0. The van der Waals surface area contributed by atoms with Gasteiger partial charge in [-0.1, -0.05) is 0 Å². The number of likely N-dealkylation sites (tertiary alicyclic amines) is 1. The molecule has 1 atom stereocenters. The van der Waals surface area contributed by atoms with Gasteiger partial charge in [0.2, 0.25) is 0 Å². The van der Waals surface area contributed by atoms with Crippen LogP contribution in [0, 0.1) is 0 Å². The molecular weight excluding hydrogens is 274 g/mol. The summed E-state index contributed by atoms with van der Waals surface area (Å²) in [6, 6.07) is 4.45. The molecule has 3 heterocycles. The number of nitrogens with zero attached hydrogens (tertiary/aromatic N) is 3. The summed E-state index contributed by atoms with van der Waals surface area (Å²) in [5.74, 6) is 1.77. The predicted octanol–water partition coefficient (Wildman–Crippen LogP) is 2.60. The first kappa shape index (κ1) is 13.8. The van der Waals surface area contributed by atoms with Crippen LogP contribution in [-0.2, 0) is 19.4 Å². The molecule has 0 aromatic carbocycles. The highest BCUT2D eigenvalue weighted by molar-refractivity contribution is 5.32. The van der Waals surface area contributed by atoms with E-state index in [1.165, 1.54) is 48.5 Å². The molecule has 0 bridgehead atoms. The molecule has 1 aliphatic carbocycles. The second-order valence-electron chi connectivity index (χ2n) is 6.47. The number of nitrogens with two attached hydrogens (primary N) is 1. The maximum atomic E-state index is 5.80. The maximum Gasteiger partial charge on any atom is 0.124 e. The van der Waals surface area contributed by atoms with Crippen molar-refractivity contribution in [1.29, 1.82) is 0 Å². The maximum absolute atomic E-state index is 5.80. The number of aromatic amines is 1. The van der Waals surface area contributed by atoms with Crippen molar-refractivity contribution in [1.82, 2.24) is 19.9 Å². The van der Waals surface area contributed by atoms with Crippen molar-refractivity contribution in [2.45, 2.75) is 51.1 Å². The average molecular weight is 297 g/mol. The van der Waals surface area contributed by atoms with Gasteiger partial charge in [0.1, 0.15) is 11.6 Å². The molecular formula is C17H23N5. The minimum Gasteiger partial charge on any atom is -0.384 e. The normalized spacial score (nSPS) is 21.9. The van der Waals surface area contributed by atoms with Gasteiger partial charge in [-0.3, -0.25) is 4.90 Å². The average Bonchev–Trinajstić information content (AvgIpc) is 3.13. The lowest BCUT2D eigenvalue weighted by Gasteiger charge is -2.23. The van der Waals surface area contributed by atoms with E-state index in [-0.39, 0.29) is 0 Å². The van der Waals surface area contributed by atoms with Crippen molar-refractivity contribution in [2.75, 3.05) is 12.3 Å². The van der Waals surface area contributed by atoms with E-state index in [9.17, 15) is 0 Å². The molecule has 2 aliphatic rings. The van der Waals surface area contributed by atoms with Gasteiger partial charge in [0.05, 0.1) is 11.7 Å². The number of aryl methyl sites for hydroxylation is 2. The Bertz CT molecular complexity index is 639. The van der Waals surface area contributed by atoms with Crippen LogP contribution in [0.4, 0.5) is 5.82 Å². The lowest BCUT2D eigenvalue weighted by Crippen LogP contribution is -2.23. The van der Waals surface area contributed by atoms with Crippen LogP contribution in [-0.4, -0.2) is 26.4 Å². The minimum atomic E-state index is 0.417. The molecule has 1 fully saturated rings. The van der Waals surface area contributed by atoms with Gasteiger partial charge in [0.25, 0.3) is 0 Å². The number of pyridine rings is 1. The standard InChI is InChI=1S/C17H23N5/c18-16-10-12(7-8-19-16)11-22-9-3-6-15(22)17-20-13-4-1-2-5-14(13)21-17/h7-8,10,15H,1-6,9,11H2,(H2,18,19)(H,20,21). The van der Waals surface area contributed by atoms with Gasteiger partial charge in [-0.15, -0.1) is 0 Å². The van der Waals surface area contributed by atoms with Gasteiger partial charge < -0.3 is 10.7 Å². The summed E-state index contributed by atoms with van der Waals surface area (Å²) in [4.78, 5) is 15.1. The quantitative estimate of drug-likeness (QED) is 0.913. The van der Waals surface area contributed by atoms with E-state index in [0.29, 0.717) is 11.9 Å². The van der Waals surface area contributed by atoms with Crippen LogP contribution >= 0.6 is 0 Å². The zero-order chi connectivity index (χ0) is 14.9. The first-order chi connectivity index (χ1) is 10.8. The van der Waals surface area contributed by atoms with Crippen LogP contribution in [0.1, 0.15) is 54.5 Å². The second-order valence-corrected chi connectivity index (χ2v) is 6.47. The van der Waals surface area contributed by atoms with Crippen molar-refractivity contribution >= 4 is 5.82 Å². The molecule has 5 heteroatoms. The van der Waals surface area contributed by atoms with Crippen LogP contribution in [0.2, 0.25) is 0 Å². The van der Waals surface area contributed by atoms with Gasteiger partial charge >= 0.3 is 0 Å². The SMILES string of the molecule is Nc1cc(CN2CCCC2c2nc3c([nH]2)CCCC3)ccn1. The monoisotopic (exact) mass is 297 g/mol. The molecule has 1 aliphatic heterocycles. The summed E-state index contributed by atoms with van der Waals surface area (Å²) >= 11 is 0. The number of nitrogens with one attached hydrogen (secondary N) is 1. The molecule has 0 spiro atoms. The summed E-state index contributed by atoms with van der Waals surface area (Å²) in [5, 5.41) is 0. The molecule has 4 rings (SSSR count). The Morgan fingerprint density at radius 2 is 2.18 bits per heavy atom. The van der Waals surface area contributed by atoms with E-state index in [1.54, 1.807) is 6.20 Å². The first-order valence-corrected chi connectivity index (χ1v) is 8.32. The van der Waals surface area contributed by atoms with E-state index >= 15 is 0 Å². The number of nitrogen functional groups attached to an aromatic ring is 1. The van der Waals surface area contributed by atoms with Crippen LogP contribution in [0.15, 0.2) is 18.3 Å². The highest BCUT2D eigenvalue weighted by Gasteiger charge is 2.29. The summed E-state index contributed by atoms with van der Waals surface area (Å²) in [6.45, 7) is 2.04. The molecule has 5 nitrogen and oxygen atoms in total. The lowest BCUT2D eigenvalue weighted by atomic mass is 10.0. The number of rotatable bonds is 3. The third-order valence-electron chi connectivity index (χ3n) is 4.88. The Balaban J connectivity index is 1.54. The van der Waals surface area contributed by atoms with E-state index in [4.69, 9.17) is 10.7 Å². The first-order valence-electron chi connectivity index (χ1n) is 8.32. The van der Waals surface area contributed by atoms with Crippen LogP contribution < -0.4 is 5.73 Å². The largest absolute Gasteiger partial charge is 0.384 e. The summed E-state index contributed by atoms with van der Waals surface area (Å²) in [6.07, 6.45) is 9.08.